The van der Waals surface area contributed by atoms with Gasteiger partial charge in [-0.05, 0) is 6.07 Å². The third kappa shape index (κ3) is 2.87. The average Bonchev–Trinajstić information content (AvgIpc) is 2.67. The molecule has 0 atom stereocenters. The molecule has 0 saturated carbocycles. The predicted molar refractivity (Wildman–Crippen MR) is 63.4 cm³/mol. The van der Waals surface area contributed by atoms with Gasteiger partial charge in [-0.3, -0.25) is 4.68 Å². The molecule has 78 valence electrons. The van der Waals surface area contributed by atoms with Crippen molar-refractivity contribution >= 4 is 10.9 Å². The molecule has 0 amide bonds. The molecule has 1 aromatic heterocycles. The lowest BCUT2D eigenvalue weighted by molar-refractivity contribution is 0.797. The van der Waals surface area contributed by atoms with E-state index in [0.717, 1.165) is 0 Å². The first-order valence-electron chi connectivity index (χ1n) is 5.25. The lowest BCUT2D eigenvalue weighted by Crippen LogP contribution is -1.87. The van der Waals surface area contributed by atoms with Crippen LogP contribution in [0.25, 0.3) is 10.9 Å². The van der Waals surface area contributed by atoms with Gasteiger partial charge in [0.25, 0.3) is 0 Å². The van der Waals surface area contributed by atoms with Crippen LogP contribution >= 0.6 is 0 Å². The van der Waals surface area contributed by atoms with Crippen molar-refractivity contribution in [2.75, 3.05) is 0 Å². The fraction of sp³-hybridized carbons (Fsp3) is 0.417. The second kappa shape index (κ2) is 7.13. The highest BCUT2D eigenvalue weighted by Crippen LogP contribution is 2.09. The smallest absolute Gasteiger partial charge is 0.0679 e. The van der Waals surface area contributed by atoms with Crippen LogP contribution in [0.3, 0.4) is 0 Å². The number of fused-ring (bicyclic) bond motifs is 1. The van der Waals surface area contributed by atoms with Crippen LogP contribution in [0.15, 0.2) is 30.5 Å². The van der Waals surface area contributed by atoms with Gasteiger partial charge in [0.15, 0.2) is 0 Å². The summed E-state index contributed by atoms with van der Waals surface area (Å²) >= 11 is 0. The van der Waals surface area contributed by atoms with Crippen molar-refractivity contribution in [3.63, 3.8) is 0 Å². The zero-order chi connectivity index (χ0) is 11.0. The monoisotopic (exact) mass is 192 g/mol. The van der Waals surface area contributed by atoms with E-state index in [2.05, 4.69) is 17.2 Å². The number of nitrogens with zero attached hydrogens (tertiary/aromatic N) is 2. The summed E-state index contributed by atoms with van der Waals surface area (Å²) in [5.74, 6) is 0. The van der Waals surface area contributed by atoms with Crippen LogP contribution in [0.2, 0.25) is 0 Å². The van der Waals surface area contributed by atoms with E-state index in [9.17, 15) is 0 Å². The summed E-state index contributed by atoms with van der Waals surface area (Å²) in [5, 5.41) is 5.31. The maximum absolute atomic E-state index is 4.11. The van der Waals surface area contributed by atoms with Crippen molar-refractivity contribution in [2.45, 2.75) is 27.7 Å². The molecule has 0 bridgehead atoms. The molecule has 2 rings (SSSR count). The van der Waals surface area contributed by atoms with Gasteiger partial charge in [-0.2, -0.15) is 5.10 Å². The molecule has 2 heteroatoms. The summed E-state index contributed by atoms with van der Waals surface area (Å²) in [6, 6.07) is 8.15. The Labute approximate surface area is 86.6 Å². The SMILES string of the molecule is CC.CC.Cn1ncc2ccccc21. The predicted octanol–water partition coefficient (Wildman–Crippen LogP) is 3.63. The molecular weight excluding hydrogens is 172 g/mol. The van der Waals surface area contributed by atoms with Gasteiger partial charge in [0.1, 0.15) is 0 Å². The molecule has 2 aromatic rings. The van der Waals surface area contributed by atoms with E-state index in [-0.39, 0.29) is 0 Å². The van der Waals surface area contributed by atoms with E-state index < -0.39 is 0 Å². The Morgan fingerprint density at radius 2 is 1.57 bits per heavy atom. The van der Waals surface area contributed by atoms with Gasteiger partial charge in [0.2, 0.25) is 0 Å². The molecule has 0 saturated heterocycles. The molecular formula is C12H20N2. The minimum absolute atomic E-state index is 1.18. The van der Waals surface area contributed by atoms with Gasteiger partial charge < -0.3 is 0 Å². The number of rotatable bonds is 0. The van der Waals surface area contributed by atoms with Crippen molar-refractivity contribution in [3.05, 3.63) is 30.5 Å². The quantitative estimate of drug-likeness (QED) is 0.623. The first-order chi connectivity index (χ1) is 6.88. The van der Waals surface area contributed by atoms with Crippen LogP contribution < -0.4 is 0 Å². The van der Waals surface area contributed by atoms with E-state index in [1.165, 1.54) is 10.9 Å². The Hall–Kier alpha value is -1.31. The van der Waals surface area contributed by atoms with Gasteiger partial charge >= 0.3 is 0 Å². The fourth-order valence-electron chi connectivity index (χ4n) is 1.10. The highest BCUT2D eigenvalue weighted by Gasteiger charge is 1.93. The van der Waals surface area contributed by atoms with Crippen molar-refractivity contribution in [3.8, 4) is 0 Å². The summed E-state index contributed by atoms with van der Waals surface area (Å²) in [6.07, 6.45) is 1.87. The summed E-state index contributed by atoms with van der Waals surface area (Å²) in [7, 11) is 1.95. The average molecular weight is 192 g/mol. The van der Waals surface area contributed by atoms with E-state index >= 15 is 0 Å². The number of aryl methyl sites for hydroxylation is 1. The second-order valence-corrected chi connectivity index (χ2v) is 2.33. The summed E-state index contributed by atoms with van der Waals surface area (Å²) < 4.78 is 1.87. The van der Waals surface area contributed by atoms with Crippen LogP contribution in [0.5, 0.6) is 0 Å². The zero-order valence-electron chi connectivity index (χ0n) is 9.78. The first kappa shape index (κ1) is 12.7. The molecule has 0 aliphatic heterocycles. The minimum atomic E-state index is 1.18. The van der Waals surface area contributed by atoms with Crippen LogP contribution in [0.4, 0.5) is 0 Å². The third-order valence-electron chi connectivity index (χ3n) is 1.66. The molecule has 2 nitrogen and oxygen atoms in total. The Kier molecular flexibility index (Phi) is 6.46. The lowest BCUT2D eigenvalue weighted by atomic mass is 10.3. The van der Waals surface area contributed by atoms with E-state index in [4.69, 9.17) is 0 Å². The molecule has 14 heavy (non-hydrogen) atoms. The Balaban J connectivity index is 0.000000379. The van der Waals surface area contributed by atoms with Crippen molar-refractivity contribution in [2.24, 2.45) is 7.05 Å². The Morgan fingerprint density at radius 1 is 1.00 bits per heavy atom. The normalized spacial score (nSPS) is 8.36. The molecule has 0 aliphatic carbocycles. The largest absolute Gasteiger partial charge is 0.268 e. The number of para-hydroxylation sites is 1. The van der Waals surface area contributed by atoms with Crippen LogP contribution in [-0.4, -0.2) is 9.78 Å². The van der Waals surface area contributed by atoms with E-state index in [1.807, 2.05) is 57.8 Å². The number of hydrogen-bond donors (Lipinski definition) is 0. The minimum Gasteiger partial charge on any atom is -0.268 e. The molecule has 0 spiro atoms. The van der Waals surface area contributed by atoms with Crippen molar-refractivity contribution in [1.82, 2.24) is 9.78 Å². The zero-order valence-corrected chi connectivity index (χ0v) is 9.78. The van der Waals surface area contributed by atoms with Crippen LogP contribution in [0.1, 0.15) is 27.7 Å². The maximum Gasteiger partial charge on any atom is 0.0679 e. The molecule has 1 aromatic carbocycles. The van der Waals surface area contributed by atoms with Crippen molar-refractivity contribution in [1.29, 1.82) is 0 Å². The molecule has 1 heterocycles. The number of benzene rings is 1. The standard InChI is InChI=1S/C8H8N2.2C2H6/c1-10-8-5-3-2-4-7(8)6-9-10;2*1-2/h2-6H,1H3;2*1-2H3. The van der Waals surface area contributed by atoms with E-state index in [1.54, 1.807) is 0 Å². The maximum atomic E-state index is 4.11. The lowest BCUT2D eigenvalue weighted by Gasteiger charge is -1.90. The molecule has 0 radical (unpaired) electrons. The highest BCUT2D eigenvalue weighted by molar-refractivity contribution is 5.78. The Morgan fingerprint density at radius 3 is 2.14 bits per heavy atom. The van der Waals surface area contributed by atoms with E-state index in [0.29, 0.717) is 0 Å². The second-order valence-electron chi connectivity index (χ2n) is 2.33. The summed E-state index contributed by atoms with van der Waals surface area (Å²) in [6.45, 7) is 8.00. The number of hydrogen-bond acceptors (Lipinski definition) is 1. The third-order valence-corrected chi connectivity index (χ3v) is 1.66. The van der Waals surface area contributed by atoms with Crippen molar-refractivity contribution < 1.29 is 0 Å². The van der Waals surface area contributed by atoms with Crippen LogP contribution in [0, 0.1) is 0 Å². The number of aromatic nitrogens is 2. The molecule has 0 unspecified atom stereocenters. The summed E-state index contributed by atoms with van der Waals surface area (Å²) in [4.78, 5) is 0. The van der Waals surface area contributed by atoms with Gasteiger partial charge in [-0.1, -0.05) is 45.9 Å². The fourth-order valence-corrected chi connectivity index (χ4v) is 1.10. The van der Waals surface area contributed by atoms with Gasteiger partial charge in [-0.15, -0.1) is 0 Å². The Bertz CT molecular complexity index is 350. The molecule has 0 fully saturated rings. The van der Waals surface area contributed by atoms with Gasteiger partial charge in [-0.25, -0.2) is 0 Å². The highest BCUT2D eigenvalue weighted by atomic mass is 15.2. The van der Waals surface area contributed by atoms with Gasteiger partial charge in [0.05, 0.1) is 11.7 Å². The topological polar surface area (TPSA) is 17.8 Å². The molecule has 0 aliphatic rings. The van der Waals surface area contributed by atoms with Gasteiger partial charge in [0, 0.05) is 12.4 Å². The van der Waals surface area contributed by atoms with Crippen LogP contribution in [-0.2, 0) is 7.05 Å². The summed E-state index contributed by atoms with van der Waals surface area (Å²) in [5.41, 5.74) is 1.18. The first-order valence-corrected chi connectivity index (χ1v) is 5.25. The molecule has 0 N–H and O–H groups in total.